The molecule has 0 N–H and O–H groups in total. The van der Waals surface area contributed by atoms with E-state index in [1.165, 1.54) is 16.7 Å². The van der Waals surface area contributed by atoms with Crippen molar-refractivity contribution in [3.8, 4) is 0 Å². The minimum atomic E-state index is 0.134. The molecule has 0 spiro atoms. The SMILES string of the molecule is CC(C)(C)c1cc(Cn2ccnc2)cc(Cn2ccnc2)c1. The Bertz CT molecular complexity index is 665. The van der Waals surface area contributed by atoms with Gasteiger partial charge < -0.3 is 9.13 Å². The van der Waals surface area contributed by atoms with Crippen LogP contribution >= 0.6 is 0 Å². The van der Waals surface area contributed by atoms with Crippen molar-refractivity contribution in [2.75, 3.05) is 0 Å². The Kier molecular flexibility index (Phi) is 3.84. The van der Waals surface area contributed by atoms with Crippen molar-refractivity contribution in [2.24, 2.45) is 0 Å². The Morgan fingerprint density at radius 2 is 1.32 bits per heavy atom. The van der Waals surface area contributed by atoms with Crippen molar-refractivity contribution >= 4 is 0 Å². The summed E-state index contributed by atoms with van der Waals surface area (Å²) in [4.78, 5) is 8.25. The van der Waals surface area contributed by atoms with Gasteiger partial charge >= 0.3 is 0 Å². The number of aromatic nitrogens is 4. The maximum absolute atomic E-state index is 4.12. The summed E-state index contributed by atoms with van der Waals surface area (Å²) >= 11 is 0. The summed E-state index contributed by atoms with van der Waals surface area (Å²) in [6.07, 6.45) is 11.4. The molecule has 3 aromatic rings. The smallest absolute Gasteiger partial charge is 0.0949 e. The van der Waals surface area contributed by atoms with Crippen LogP contribution in [0, 0.1) is 0 Å². The second-order valence-electron chi connectivity index (χ2n) is 6.76. The molecule has 22 heavy (non-hydrogen) atoms. The maximum atomic E-state index is 4.12. The van der Waals surface area contributed by atoms with Crippen LogP contribution in [0.1, 0.15) is 37.5 Å². The second kappa shape index (κ2) is 5.79. The van der Waals surface area contributed by atoms with Crippen LogP contribution in [0.3, 0.4) is 0 Å². The monoisotopic (exact) mass is 294 g/mol. The Labute approximate surface area is 131 Å². The number of nitrogens with zero attached hydrogens (tertiary/aromatic N) is 4. The summed E-state index contributed by atoms with van der Waals surface area (Å²) < 4.78 is 4.20. The average Bonchev–Trinajstić information content (AvgIpc) is 3.11. The van der Waals surface area contributed by atoms with Gasteiger partial charge in [-0.2, -0.15) is 0 Å². The van der Waals surface area contributed by atoms with Gasteiger partial charge in [-0.25, -0.2) is 9.97 Å². The topological polar surface area (TPSA) is 35.6 Å². The first-order valence-corrected chi connectivity index (χ1v) is 7.55. The lowest BCUT2D eigenvalue weighted by atomic mass is 9.85. The molecule has 0 amide bonds. The van der Waals surface area contributed by atoms with Crippen LogP contribution in [-0.4, -0.2) is 19.1 Å². The van der Waals surface area contributed by atoms with Crippen LogP contribution in [-0.2, 0) is 18.5 Å². The molecule has 4 nitrogen and oxygen atoms in total. The van der Waals surface area contributed by atoms with E-state index in [9.17, 15) is 0 Å². The van der Waals surface area contributed by atoms with Crippen LogP contribution in [0.2, 0.25) is 0 Å². The van der Waals surface area contributed by atoms with E-state index < -0.39 is 0 Å². The van der Waals surface area contributed by atoms with Gasteiger partial charge in [0.15, 0.2) is 0 Å². The third kappa shape index (κ3) is 3.45. The summed E-state index contributed by atoms with van der Waals surface area (Å²) in [6, 6.07) is 6.88. The third-order valence-corrected chi connectivity index (χ3v) is 3.77. The molecule has 0 aliphatic carbocycles. The summed E-state index contributed by atoms with van der Waals surface area (Å²) in [5.41, 5.74) is 4.11. The first-order valence-electron chi connectivity index (χ1n) is 7.55. The molecular formula is C18H22N4. The van der Waals surface area contributed by atoms with Gasteiger partial charge in [-0.15, -0.1) is 0 Å². The number of hydrogen-bond donors (Lipinski definition) is 0. The summed E-state index contributed by atoms with van der Waals surface area (Å²) in [5.74, 6) is 0. The van der Waals surface area contributed by atoms with Crippen molar-refractivity contribution in [3.05, 3.63) is 72.3 Å². The predicted octanol–water partition coefficient (Wildman–Crippen LogP) is 3.47. The van der Waals surface area contributed by atoms with Crippen LogP contribution in [0.15, 0.2) is 55.6 Å². The van der Waals surface area contributed by atoms with Crippen molar-refractivity contribution in [2.45, 2.75) is 39.3 Å². The first-order chi connectivity index (χ1) is 10.5. The summed E-state index contributed by atoms with van der Waals surface area (Å²) in [7, 11) is 0. The van der Waals surface area contributed by atoms with E-state index in [2.05, 4.69) is 58.1 Å². The fourth-order valence-corrected chi connectivity index (χ4v) is 2.56. The largest absolute Gasteiger partial charge is 0.333 e. The minimum absolute atomic E-state index is 0.134. The summed E-state index contributed by atoms with van der Waals surface area (Å²) in [6.45, 7) is 8.46. The molecule has 4 heteroatoms. The van der Waals surface area contributed by atoms with Gasteiger partial charge in [0.25, 0.3) is 0 Å². The van der Waals surface area contributed by atoms with Crippen molar-refractivity contribution < 1.29 is 0 Å². The molecule has 0 aliphatic rings. The Morgan fingerprint density at radius 1 is 0.818 bits per heavy atom. The quantitative estimate of drug-likeness (QED) is 0.738. The molecule has 2 heterocycles. The standard InChI is InChI=1S/C18H22N4/c1-18(2,3)17-9-15(11-21-6-4-19-13-21)8-16(10-17)12-22-7-5-20-14-22/h4-10,13-14H,11-12H2,1-3H3. The molecule has 0 bridgehead atoms. The average molecular weight is 294 g/mol. The molecule has 3 rings (SSSR count). The van der Waals surface area contributed by atoms with E-state index in [0.717, 1.165) is 13.1 Å². The van der Waals surface area contributed by atoms with E-state index in [-0.39, 0.29) is 5.41 Å². The van der Waals surface area contributed by atoms with E-state index in [4.69, 9.17) is 0 Å². The lowest BCUT2D eigenvalue weighted by Gasteiger charge is -2.21. The van der Waals surface area contributed by atoms with Crippen LogP contribution in [0.5, 0.6) is 0 Å². The molecule has 2 aromatic heterocycles. The molecule has 0 fully saturated rings. The lowest BCUT2D eigenvalue weighted by Crippen LogP contribution is -2.13. The number of hydrogen-bond acceptors (Lipinski definition) is 2. The highest BCUT2D eigenvalue weighted by atomic mass is 15.0. The van der Waals surface area contributed by atoms with Crippen LogP contribution in [0.25, 0.3) is 0 Å². The molecule has 0 unspecified atom stereocenters. The number of rotatable bonds is 4. The molecule has 0 atom stereocenters. The van der Waals surface area contributed by atoms with Gasteiger partial charge in [0.05, 0.1) is 12.7 Å². The number of benzene rings is 1. The van der Waals surface area contributed by atoms with Crippen molar-refractivity contribution in [3.63, 3.8) is 0 Å². The van der Waals surface area contributed by atoms with Gasteiger partial charge in [-0.05, 0) is 22.1 Å². The molecule has 0 aliphatic heterocycles. The van der Waals surface area contributed by atoms with Gasteiger partial charge in [0.2, 0.25) is 0 Å². The van der Waals surface area contributed by atoms with E-state index in [0.29, 0.717) is 0 Å². The molecule has 114 valence electrons. The molecule has 0 saturated carbocycles. The maximum Gasteiger partial charge on any atom is 0.0949 e. The highest BCUT2D eigenvalue weighted by molar-refractivity contribution is 5.34. The van der Waals surface area contributed by atoms with Crippen molar-refractivity contribution in [1.29, 1.82) is 0 Å². The van der Waals surface area contributed by atoms with Gasteiger partial charge in [-0.3, -0.25) is 0 Å². The van der Waals surface area contributed by atoms with Crippen molar-refractivity contribution in [1.82, 2.24) is 19.1 Å². The highest BCUT2D eigenvalue weighted by Crippen LogP contribution is 2.25. The van der Waals surface area contributed by atoms with Crippen LogP contribution in [0.4, 0.5) is 0 Å². The predicted molar refractivity (Wildman–Crippen MR) is 87.8 cm³/mol. The number of imidazole rings is 2. The summed E-state index contributed by atoms with van der Waals surface area (Å²) in [5, 5.41) is 0. The van der Waals surface area contributed by atoms with E-state index in [1.54, 1.807) is 0 Å². The second-order valence-corrected chi connectivity index (χ2v) is 6.76. The van der Waals surface area contributed by atoms with E-state index >= 15 is 0 Å². The van der Waals surface area contributed by atoms with Gasteiger partial charge in [0, 0.05) is 37.9 Å². The first kappa shape index (κ1) is 14.6. The Balaban J connectivity index is 1.94. The van der Waals surface area contributed by atoms with E-state index in [1.807, 2.05) is 37.4 Å². The lowest BCUT2D eigenvalue weighted by molar-refractivity contribution is 0.586. The normalized spacial score (nSPS) is 11.8. The molecule has 1 aromatic carbocycles. The highest BCUT2D eigenvalue weighted by Gasteiger charge is 2.15. The molecule has 0 radical (unpaired) electrons. The Hall–Kier alpha value is -2.36. The zero-order valence-corrected chi connectivity index (χ0v) is 13.4. The van der Waals surface area contributed by atoms with Gasteiger partial charge in [-0.1, -0.05) is 39.0 Å². The third-order valence-electron chi connectivity index (χ3n) is 3.77. The fourth-order valence-electron chi connectivity index (χ4n) is 2.56. The molecule has 0 saturated heterocycles. The van der Waals surface area contributed by atoms with Crippen LogP contribution < -0.4 is 0 Å². The fraction of sp³-hybridized carbons (Fsp3) is 0.333. The Morgan fingerprint density at radius 3 is 1.68 bits per heavy atom. The zero-order chi connectivity index (χ0) is 15.6. The minimum Gasteiger partial charge on any atom is -0.333 e. The zero-order valence-electron chi connectivity index (χ0n) is 13.4. The molecular weight excluding hydrogens is 272 g/mol. The van der Waals surface area contributed by atoms with Gasteiger partial charge in [0.1, 0.15) is 0 Å².